The molecule has 0 amide bonds. The lowest BCUT2D eigenvalue weighted by Gasteiger charge is -2.12. The molecular weight excluding hydrogens is 335 g/mol. The fourth-order valence-corrected chi connectivity index (χ4v) is 1.97. The highest BCUT2D eigenvalue weighted by atomic mass is 19.4. The Kier molecular flexibility index (Phi) is 9.94. The zero-order valence-electron chi connectivity index (χ0n) is 14.7. The summed E-state index contributed by atoms with van der Waals surface area (Å²) in [7, 11) is 1.69. The van der Waals surface area contributed by atoms with Crippen LogP contribution in [0.4, 0.5) is 13.2 Å². The summed E-state index contributed by atoms with van der Waals surface area (Å²) in [6.45, 7) is 3.41. The van der Waals surface area contributed by atoms with Crippen LogP contribution in [0, 0.1) is 0 Å². The van der Waals surface area contributed by atoms with Crippen LogP contribution in [-0.4, -0.2) is 45.5 Å². The molecule has 2 N–H and O–H groups in total. The summed E-state index contributed by atoms with van der Waals surface area (Å²) in [5, 5.41) is 6.36. The molecule has 0 aliphatic rings. The van der Waals surface area contributed by atoms with Gasteiger partial charge in [-0.05, 0) is 24.5 Å². The Bertz CT molecular complexity index is 505. The Labute approximate surface area is 146 Å². The molecule has 0 spiro atoms. The summed E-state index contributed by atoms with van der Waals surface area (Å²) in [4.78, 5) is 4.13. The van der Waals surface area contributed by atoms with Crippen molar-refractivity contribution in [3.05, 3.63) is 35.4 Å². The van der Waals surface area contributed by atoms with Crippen LogP contribution in [0.5, 0.6) is 0 Å². The second kappa shape index (κ2) is 11.7. The van der Waals surface area contributed by atoms with Crippen molar-refractivity contribution < 1.29 is 22.6 Å². The number of hydrogen-bond acceptors (Lipinski definition) is 3. The first-order chi connectivity index (χ1) is 11.9. The molecule has 0 saturated heterocycles. The normalized spacial score (nSPS) is 12.3. The number of rotatable bonds is 10. The number of alkyl halides is 3. The maximum atomic E-state index is 12.0. The molecule has 1 rings (SSSR count). The number of halogens is 3. The molecule has 0 saturated carbocycles. The average molecular weight is 361 g/mol. The van der Waals surface area contributed by atoms with Gasteiger partial charge in [0.15, 0.2) is 5.96 Å². The van der Waals surface area contributed by atoms with Crippen LogP contribution < -0.4 is 10.6 Å². The Morgan fingerprint density at radius 2 is 1.76 bits per heavy atom. The molecule has 0 bridgehead atoms. The van der Waals surface area contributed by atoms with E-state index in [1.54, 1.807) is 19.2 Å². The number of hydrogen-bond donors (Lipinski definition) is 2. The molecule has 0 aliphatic carbocycles. The Morgan fingerprint density at radius 3 is 2.36 bits per heavy atom. The Hall–Kier alpha value is -1.80. The zero-order chi connectivity index (χ0) is 18.5. The van der Waals surface area contributed by atoms with Crippen molar-refractivity contribution in [3.63, 3.8) is 0 Å². The second-order valence-corrected chi connectivity index (χ2v) is 5.33. The lowest BCUT2D eigenvalue weighted by Crippen LogP contribution is -2.37. The Balaban J connectivity index is 2.29. The highest BCUT2D eigenvalue weighted by Crippen LogP contribution is 2.15. The summed E-state index contributed by atoms with van der Waals surface area (Å²) < 4.78 is 46.0. The molecule has 1 aromatic carbocycles. The van der Waals surface area contributed by atoms with Crippen LogP contribution >= 0.6 is 0 Å². The first-order valence-corrected chi connectivity index (χ1v) is 8.19. The number of guanidine groups is 1. The largest absolute Gasteiger partial charge is 0.411 e. The van der Waals surface area contributed by atoms with E-state index in [-0.39, 0.29) is 6.61 Å². The van der Waals surface area contributed by atoms with Crippen molar-refractivity contribution in [2.75, 3.05) is 33.4 Å². The third-order valence-electron chi connectivity index (χ3n) is 3.20. The van der Waals surface area contributed by atoms with Gasteiger partial charge in [-0.1, -0.05) is 24.3 Å². The molecule has 0 heterocycles. The summed E-state index contributed by atoms with van der Waals surface area (Å²) in [5.41, 5.74) is 1.70. The monoisotopic (exact) mass is 361 g/mol. The van der Waals surface area contributed by atoms with Gasteiger partial charge in [0, 0.05) is 33.4 Å². The molecule has 0 radical (unpaired) electrons. The number of nitrogens with one attached hydrogen (secondary N) is 2. The van der Waals surface area contributed by atoms with Crippen molar-refractivity contribution in [2.45, 2.75) is 32.7 Å². The molecule has 1 aromatic rings. The van der Waals surface area contributed by atoms with E-state index in [0.717, 1.165) is 18.5 Å². The fourth-order valence-electron chi connectivity index (χ4n) is 1.97. The minimum absolute atomic E-state index is 0.0593. The van der Waals surface area contributed by atoms with Crippen molar-refractivity contribution in [2.24, 2.45) is 4.99 Å². The van der Waals surface area contributed by atoms with Crippen molar-refractivity contribution in [1.29, 1.82) is 0 Å². The topological polar surface area (TPSA) is 54.9 Å². The smallest absolute Gasteiger partial charge is 0.382 e. The first-order valence-electron chi connectivity index (χ1n) is 8.19. The Morgan fingerprint density at radius 1 is 1.08 bits per heavy atom. The van der Waals surface area contributed by atoms with E-state index in [4.69, 9.17) is 4.74 Å². The predicted octanol–water partition coefficient (Wildman–Crippen LogP) is 2.86. The van der Waals surface area contributed by atoms with Gasteiger partial charge in [0.05, 0.1) is 6.61 Å². The number of ether oxygens (including phenoxy) is 2. The molecule has 0 aromatic heterocycles. The van der Waals surface area contributed by atoms with E-state index in [9.17, 15) is 13.2 Å². The van der Waals surface area contributed by atoms with Crippen LogP contribution in [0.25, 0.3) is 0 Å². The number of benzene rings is 1. The zero-order valence-corrected chi connectivity index (χ0v) is 14.7. The van der Waals surface area contributed by atoms with Crippen LogP contribution in [0.1, 0.15) is 24.5 Å². The summed E-state index contributed by atoms with van der Waals surface area (Å²) >= 11 is 0. The quantitative estimate of drug-likeness (QED) is 0.382. The minimum Gasteiger partial charge on any atom is -0.382 e. The van der Waals surface area contributed by atoms with Gasteiger partial charge >= 0.3 is 6.18 Å². The summed E-state index contributed by atoms with van der Waals surface area (Å²) in [5.74, 6) is 0.689. The maximum absolute atomic E-state index is 12.0. The van der Waals surface area contributed by atoms with E-state index in [1.807, 2.05) is 19.1 Å². The van der Waals surface area contributed by atoms with Crippen molar-refractivity contribution in [3.8, 4) is 0 Å². The second-order valence-electron chi connectivity index (χ2n) is 5.33. The van der Waals surface area contributed by atoms with Gasteiger partial charge in [0.2, 0.25) is 0 Å². The standard InChI is InChI=1S/C17H26F3N3O2/c1-3-24-10-4-9-22-16(21-2)23-11-14-5-7-15(8-6-14)12-25-13-17(18,19)20/h5-8H,3-4,9-13H2,1-2H3,(H2,21,22,23). The van der Waals surface area contributed by atoms with E-state index in [0.29, 0.717) is 31.3 Å². The average Bonchev–Trinajstić information content (AvgIpc) is 2.57. The molecule has 142 valence electrons. The van der Waals surface area contributed by atoms with Crippen molar-refractivity contribution >= 4 is 5.96 Å². The molecule has 0 fully saturated rings. The van der Waals surface area contributed by atoms with Gasteiger partial charge in [-0.3, -0.25) is 4.99 Å². The van der Waals surface area contributed by atoms with Gasteiger partial charge in [-0.25, -0.2) is 0 Å². The highest BCUT2D eigenvalue weighted by molar-refractivity contribution is 5.79. The SMILES string of the molecule is CCOCCCNC(=NC)NCc1ccc(COCC(F)(F)F)cc1. The molecule has 25 heavy (non-hydrogen) atoms. The van der Waals surface area contributed by atoms with E-state index in [1.165, 1.54) is 0 Å². The molecule has 0 unspecified atom stereocenters. The van der Waals surface area contributed by atoms with E-state index in [2.05, 4.69) is 20.4 Å². The molecule has 0 aliphatic heterocycles. The number of nitrogens with zero attached hydrogens (tertiary/aromatic N) is 1. The lowest BCUT2D eigenvalue weighted by molar-refractivity contribution is -0.176. The minimum atomic E-state index is -4.30. The summed E-state index contributed by atoms with van der Waals surface area (Å²) in [6, 6.07) is 7.21. The molecule has 8 heteroatoms. The fraction of sp³-hybridized carbons (Fsp3) is 0.588. The van der Waals surface area contributed by atoms with E-state index < -0.39 is 12.8 Å². The van der Waals surface area contributed by atoms with Gasteiger partial charge in [0.1, 0.15) is 6.61 Å². The van der Waals surface area contributed by atoms with Gasteiger partial charge in [-0.2, -0.15) is 13.2 Å². The van der Waals surface area contributed by atoms with Gasteiger partial charge < -0.3 is 20.1 Å². The van der Waals surface area contributed by atoms with E-state index >= 15 is 0 Å². The van der Waals surface area contributed by atoms with Crippen LogP contribution in [-0.2, 0) is 22.6 Å². The predicted molar refractivity (Wildman–Crippen MR) is 91.5 cm³/mol. The van der Waals surface area contributed by atoms with Gasteiger partial charge in [0.25, 0.3) is 0 Å². The van der Waals surface area contributed by atoms with Crippen LogP contribution in [0.15, 0.2) is 29.3 Å². The van der Waals surface area contributed by atoms with Gasteiger partial charge in [-0.15, -0.1) is 0 Å². The summed E-state index contributed by atoms with van der Waals surface area (Å²) in [6.07, 6.45) is -3.41. The van der Waals surface area contributed by atoms with Crippen LogP contribution in [0.3, 0.4) is 0 Å². The highest BCUT2D eigenvalue weighted by Gasteiger charge is 2.27. The maximum Gasteiger partial charge on any atom is 0.411 e. The lowest BCUT2D eigenvalue weighted by atomic mass is 10.1. The third kappa shape index (κ3) is 10.6. The molecule has 0 atom stereocenters. The van der Waals surface area contributed by atoms with Crippen LogP contribution in [0.2, 0.25) is 0 Å². The molecular formula is C17H26F3N3O2. The first kappa shape index (κ1) is 21.2. The molecule has 5 nitrogen and oxygen atoms in total. The number of aliphatic imine (C=N–C) groups is 1. The van der Waals surface area contributed by atoms with Crippen molar-refractivity contribution in [1.82, 2.24) is 10.6 Å². The third-order valence-corrected chi connectivity index (χ3v) is 3.20.